The maximum atomic E-state index is 12.6. The summed E-state index contributed by atoms with van der Waals surface area (Å²) in [7, 11) is 0. The smallest absolute Gasteiger partial charge is 0.261 e. The predicted molar refractivity (Wildman–Crippen MR) is 96.2 cm³/mol. The molecule has 7 nitrogen and oxygen atoms in total. The van der Waals surface area contributed by atoms with E-state index in [0.29, 0.717) is 22.5 Å². The van der Waals surface area contributed by atoms with Crippen molar-refractivity contribution in [2.45, 2.75) is 19.6 Å². The lowest BCUT2D eigenvalue weighted by Gasteiger charge is -2.17. The van der Waals surface area contributed by atoms with E-state index in [-0.39, 0.29) is 28.6 Å². The number of fused-ring (bicyclic) bond motifs is 1. The summed E-state index contributed by atoms with van der Waals surface area (Å²) >= 11 is 5.21. The van der Waals surface area contributed by atoms with Gasteiger partial charge in [0.1, 0.15) is 17.4 Å². The Morgan fingerprint density at radius 2 is 2.00 bits per heavy atom. The largest absolute Gasteiger partial charge is 0.506 e. The highest BCUT2D eigenvalue weighted by Gasteiger charge is 2.34. The first-order valence-corrected chi connectivity index (χ1v) is 8.32. The molecule has 1 aliphatic rings. The molecule has 0 bridgehead atoms. The highest BCUT2D eigenvalue weighted by Crippen LogP contribution is 2.43. The van der Waals surface area contributed by atoms with Crippen molar-refractivity contribution in [3.05, 3.63) is 74.0 Å². The Morgan fingerprint density at radius 3 is 2.73 bits per heavy atom. The third-order valence-electron chi connectivity index (χ3n) is 4.42. The zero-order valence-electron chi connectivity index (χ0n) is 13.8. The Labute approximate surface area is 153 Å². The summed E-state index contributed by atoms with van der Waals surface area (Å²) in [5, 5.41) is 21.3. The van der Waals surface area contributed by atoms with Gasteiger partial charge >= 0.3 is 0 Å². The third kappa shape index (κ3) is 2.42. The fourth-order valence-electron chi connectivity index (χ4n) is 3.14. The number of rotatable bonds is 2. The lowest BCUT2D eigenvalue weighted by atomic mass is 10.00. The van der Waals surface area contributed by atoms with E-state index < -0.39 is 11.7 Å². The Kier molecular flexibility index (Phi) is 3.86. The topological polar surface area (TPSA) is 100 Å². The Balaban J connectivity index is 1.98. The molecule has 0 fully saturated rings. The number of pyridine rings is 1. The molecular weight excluding hydrogens is 354 g/mol. The first-order valence-electron chi connectivity index (χ1n) is 7.91. The second-order valence-electron chi connectivity index (χ2n) is 5.99. The summed E-state index contributed by atoms with van der Waals surface area (Å²) in [4.78, 5) is 19.2. The zero-order valence-corrected chi connectivity index (χ0v) is 14.6. The number of aromatic nitrogens is 3. The average molecular weight is 369 g/mol. The number of hydrogen-bond acceptors (Lipinski definition) is 6. The lowest BCUT2D eigenvalue weighted by Crippen LogP contribution is -2.21. The van der Waals surface area contributed by atoms with Gasteiger partial charge in [-0.25, -0.2) is 0 Å². The number of aromatic hydroxyl groups is 2. The summed E-state index contributed by atoms with van der Waals surface area (Å²) in [5.41, 5.74) is 1.56. The summed E-state index contributed by atoms with van der Waals surface area (Å²) in [6, 6.07) is 8.94. The molecule has 3 heterocycles. The summed E-state index contributed by atoms with van der Waals surface area (Å²) in [6.07, 6.45) is 0.684. The van der Waals surface area contributed by atoms with Crippen molar-refractivity contribution in [2.75, 3.05) is 0 Å². The van der Waals surface area contributed by atoms with Crippen molar-refractivity contribution in [2.24, 2.45) is 0 Å². The summed E-state index contributed by atoms with van der Waals surface area (Å²) < 4.78 is 7.14. The molecule has 0 spiro atoms. The monoisotopic (exact) mass is 369 g/mol. The molecule has 0 amide bonds. The van der Waals surface area contributed by atoms with E-state index >= 15 is 0 Å². The number of nitrogens with zero attached hydrogens (tertiary/aromatic N) is 2. The average Bonchev–Trinajstić information content (AvgIpc) is 3.03. The molecule has 1 aliphatic heterocycles. The summed E-state index contributed by atoms with van der Waals surface area (Å²) in [5.74, 6) is -0.367. The van der Waals surface area contributed by atoms with Gasteiger partial charge in [0.15, 0.2) is 4.77 Å². The van der Waals surface area contributed by atoms with Gasteiger partial charge in [-0.05, 0) is 31.3 Å². The second kappa shape index (κ2) is 6.08. The second-order valence-corrected chi connectivity index (χ2v) is 6.38. The molecule has 1 atom stereocenters. The fraction of sp³-hybridized carbons (Fsp3) is 0.167. The Hall–Kier alpha value is -2.97. The van der Waals surface area contributed by atoms with Crippen LogP contribution in [0.25, 0.3) is 5.69 Å². The van der Waals surface area contributed by atoms with Crippen LogP contribution in [0.15, 0.2) is 41.3 Å². The highest BCUT2D eigenvalue weighted by molar-refractivity contribution is 7.71. The minimum Gasteiger partial charge on any atom is -0.506 e. The van der Waals surface area contributed by atoms with Crippen LogP contribution in [0.4, 0.5) is 0 Å². The zero-order chi connectivity index (χ0) is 18.4. The van der Waals surface area contributed by atoms with Crippen molar-refractivity contribution >= 4 is 12.2 Å². The van der Waals surface area contributed by atoms with Gasteiger partial charge in [0.25, 0.3) is 5.56 Å². The molecule has 0 saturated carbocycles. The molecule has 3 aromatic rings. The van der Waals surface area contributed by atoms with E-state index in [1.807, 2.05) is 6.07 Å². The lowest BCUT2D eigenvalue weighted by molar-refractivity contribution is 0.0892. The van der Waals surface area contributed by atoms with Crippen LogP contribution in [-0.2, 0) is 11.3 Å². The quantitative estimate of drug-likeness (QED) is 0.601. The molecule has 0 aliphatic carbocycles. The molecule has 3 N–H and O–H groups in total. The Morgan fingerprint density at radius 1 is 1.27 bits per heavy atom. The van der Waals surface area contributed by atoms with E-state index in [1.54, 1.807) is 37.4 Å². The van der Waals surface area contributed by atoms with Crippen LogP contribution in [0.1, 0.15) is 28.5 Å². The van der Waals surface area contributed by atoms with Crippen molar-refractivity contribution < 1.29 is 14.9 Å². The van der Waals surface area contributed by atoms with Gasteiger partial charge in [-0.15, -0.1) is 0 Å². The van der Waals surface area contributed by atoms with Crippen LogP contribution >= 0.6 is 12.2 Å². The SMILES string of the molecule is Cc1ncc2c(c1O)[C@H](c1c(O)n(-c3ccccc3)c(=S)[nH]c1=O)OC2. The van der Waals surface area contributed by atoms with Gasteiger partial charge in [-0.1, -0.05) is 18.2 Å². The van der Waals surface area contributed by atoms with Crippen LogP contribution < -0.4 is 5.56 Å². The molecule has 132 valence electrons. The van der Waals surface area contributed by atoms with Gasteiger partial charge in [0, 0.05) is 17.3 Å². The minimum absolute atomic E-state index is 0.0119. The maximum Gasteiger partial charge on any atom is 0.261 e. The molecule has 1 aromatic carbocycles. The van der Waals surface area contributed by atoms with E-state index in [2.05, 4.69) is 9.97 Å². The van der Waals surface area contributed by atoms with Crippen molar-refractivity contribution in [1.29, 1.82) is 0 Å². The van der Waals surface area contributed by atoms with Crippen LogP contribution in [0.2, 0.25) is 0 Å². The van der Waals surface area contributed by atoms with E-state index in [1.165, 1.54) is 4.57 Å². The van der Waals surface area contributed by atoms with Crippen LogP contribution in [0.5, 0.6) is 11.6 Å². The molecule has 26 heavy (non-hydrogen) atoms. The maximum absolute atomic E-state index is 12.6. The first-order chi connectivity index (χ1) is 12.5. The standard InChI is InChI=1S/C18H15N3O4S/c1-9-14(22)12-10(7-19-9)8-25-15(12)13-16(23)20-18(26)21(17(13)24)11-5-3-2-4-6-11/h2-7,15,22,24H,8H2,1H3,(H,20,23,26)/t15-/m1/s1. The van der Waals surface area contributed by atoms with Crippen molar-refractivity contribution in [3.8, 4) is 17.3 Å². The fourth-order valence-corrected chi connectivity index (χ4v) is 3.42. The normalized spacial score (nSPS) is 15.8. The molecule has 2 aromatic heterocycles. The number of ether oxygens (including phenoxy) is 1. The van der Waals surface area contributed by atoms with Gasteiger partial charge in [0.05, 0.1) is 18.0 Å². The van der Waals surface area contributed by atoms with Gasteiger partial charge < -0.3 is 14.9 Å². The van der Waals surface area contributed by atoms with Gasteiger partial charge in [-0.2, -0.15) is 0 Å². The van der Waals surface area contributed by atoms with Crippen LogP contribution in [0, 0.1) is 11.7 Å². The van der Waals surface area contributed by atoms with Crippen LogP contribution in [0.3, 0.4) is 0 Å². The van der Waals surface area contributed by atoms with Gasteiger partial charge in [0.2, 0.25) is 5.88 Å². The molecule has 4 rings (SSSR count). The number of hydrogen-bond donors (Lipinski definition) is 3. The molecule has 0 saturated heterocycles. The van der Waals surface area contributed by atoms with Crippen molar-refractivity contribution in [3.63, 3.8) is 0 Å². The Bertz CT molecular complexity index is 1120. The van der Waals surface area contributed by atoms with E-state index in [4.69, 9.17) is 17.0 Å². The molecular formula is C18H15N3O4S. The molecule has 0 radical (unpaired) electrons. The third-order valence-corrected chi connectivity index (χ3v) is 4.71. The predicted octanol–water partition coefficient (Wildman–Crippen LogP) is 2.63. The van der Waals surface area contributed by atoms with Gasteiger partial charge in [-0.3, -0.25) is 19.3 Å². The number of H-pyrrole nitrogens is 1. The minimum atomic E-state index is -0.916. The van der Waals surface area contributed by atoms with Crippen molar-refractivity contribution in [1.82, 2.24) is 14.5 Å². The van der Waals surface area contributed by atoms with E-state index in [9.17, 15) is 15.0 Å². The van der Waals surface area contributed by atoms with Crippen LogP contribution in [-0.4, -0.2) is 24.7 Å². The van der Waals surface area contributed by atoms with E-state index in [0.717, 1.165) is 0 Å². The number of benzene rings is 1. The number of aromatic amines is 1. The number of aryl methyl sites for hydroxylation is 1. The summed E-state index contributed by atoms with van der Waals surface area (Å²) in [6.45, 7) is 1.84. The molecule has 8 heteroatoms. The highest BCUT2D eigenvalue weighted by atomic mass is 32.1. The first kappa shape index (κ1) is 16.5. The number of nitrogens with one attached hydrogen (secondary N) is 1. The molecule has 0 unspecified atom stereocenters. The number of para-hydroxylation sites is 1.